The Morgan fingerprint density at radius 2 is 1.63 bits per heavy atom. The lowest BCUT2D eigenvalue weighted by molar-refractivity contribution is 0.0746. The van der Waals surface area contributed by atoms with Crippen LogP contribution in [0.15, 0.2) is 63.9 Å². The average Bonchev–Trinajstić information content (AvgIpc) is 3.15. The molecule has 1 aliphatic rings. The third-order valence-electron chi connectivity index (χ3n) is 4.53. The number of pyridine rings is 1. The summed E-state index contributed by atoms with van der Waals surface area (Å²) in [6.07, 6.45) is 5.41. The molecule has 1 amide bonds. The monoisotopic (exact) mass is 489 g/mol. The van der Waals surface area contributed by atoms with E-state index in [-0.39, 0.29) is 5.91 Å². The van der Waals surface area contributed by atoms with Crippen molar-refractivity contribution in [1.82, 2.24) is 19.7 Å². The molecule has 1 aromatic carbocycles. The Morgan fingerprint density at radius 1 is 0.889 bits per heavy atom. The van der Waals surface area contributed by atoms with Gasteiger partial charge in [0.25, 0.3) is 5.91 Å². The summed E-state index contributed by atoms with van der Waals surface area (Å²) in [6, 6.07) is 11.5. The fraction of sp³-hybridized carbons (Fsp3) is 0.211. The van der Waals surface area contributed by atoms with Crippen LogP contribution in [0.2, 0.25) is 0 Å². The topological polar surface area (TPSA) is 54.3 Å². The summed E-state index contributed by atoms with van der Waals surface area (Å²) in [5.41, 5.74) is 1.61. The van der Waals surface area contributed by atoms with Gasteiger partial charge in [-0.15, -0.1) is 0 Å². The molecule has 3 heterocycles. The van der Waals surface area contributed by atoms with Crippen molar-refractivity contribution in [3.63, 3.8) is 0 Å². The molecule has 8 heteroatoms. The number of anilines is 1. The van der Waals surface area contributed by atoms with Crippen LogP contribution in [-0.2, 0) is 0 Å². The minimum atomic E-state index is 0.0617. The van der Waals surface area contributed by atoms with Crippen LogP contribution in [-0.4, -0.2) is 51.8 Å². The normalized spacial score (nSPS) is 14.4. The van der Waals surface area contributed by atoms with Crippen molar-refractivity contribution in [2.45, 2.75) is 0 Å². The Bertz CT molecular complexity index is 931. The molecule has 138 valence electrons. The van der Waals surface area contributed by atoms with Gasteiger partial charge < -0.3 is 9.80 Å². The van der Waals surface area contributed by atoms with Gasteiger partial charge in [0, 0.05) is 48.6 Å². The number of carbonyl (C=O) groups is 1. The van der Waals surface area contributed by atoms with Gasteiger partial charge in [-0.05, 0) is 68.3 Å². The minimum absolute atomic E-state index is 0.0617. The van der Waals surface area contributed by atoms with E-state index in [1.807, 2.05) is 47.5 Å². The number of carbonyl (C=O) groups excluding carboxylic acids is 1. The Balaban J connectivity index is 1.39. The maximum atomic E-state index is 12.8. The van der Waals surface area contributed by atoms with Crippen LogP contribution < -0.4 is 4.90 Å². The highest BCUT2D eigenvalue weighted by molar-refractivity contribution is 9.10. The Hall–Kier alpha value is -2.19. The fourth-order valence-corrected chi connectivity index (χ4v) is 3.60. The third kappa shape index (κ3) is 4.06. The summed E-state index contributed by atoms with van der Waals surface area (Å²) in [5, 5.41) is 4.25. The van der Waals surface area contributed by atoms with E-state index < -0.39 is 0 Å². The lowest BCUT2D eigenvalue weighted by atomic mass is 10.1. The number of piperazine rings is 1. The Labute approximate surface area is 174 Å². The van der Waals surface area contributed by atoms with Crippen molar-refractivity contribution in [3.8, 4) is 5.69 Å². The van der Waals surface area contributed by atoms with Crippen LogP contribution in [0.1, 0.15) is 10.4 Å². The van der Waals surface area contributed by atoms with Crippen LogP contribution in [0, 0.1) is 0 Å². The highest BCUT2D eigenvalue weighted by Crippen LogP contribution is 2.18. The van der Waals surface area contributed by atoms with E-state index in [2.05, 4.69) is 46.8 Å². The molecule has 1 fully saturated rings. The molecule has 0 radical (unpaired) electrons. The predicted molar refractivity (Wildman–Crippen MR) is 111 cm³/mol. The van der Waals surface area contributed by atoms with Gasteiger partial charge in [-0.1, -0.05) is 0 Å². The van der Waals surface area contributed by atoms with Gasteiger partial charge in [0.1, 0.15) is 5.82 Å². The number of amides is 1. The number of hydrogen-bond donors (Lipinski definition) is 0. The first-order valence-electron chi connectivity index (χ1n) is 8.56. The van der Waals surface area contributed by atoms with Crippen LogP contribution >= 0.6 is 31.9 Å². The van der Waals surface area contributed by atoms with Gasteiger partial charge in [0.15, 0.2) is 0 Å². The van der Waals surface area contributed by atoms with Crippen molar-refractivity contribution in [2.24, 2.45) is 0 Å². The maximum absolute atomic E-state index is 12.8. The van der Waals surface area contributed by atoms with Crippen molar-refractivity contribution >= 4 is 43.6 Å². The van der Waals surface area contributed by atoms with Gasteiger partial charge >= 0.3 is 0 Å². The zero-order valence-corrected chi connectivity index (χ0v) is 17.6. The van der Waals surface area contributed by atoms with Gasteiger partial charge in [-0.3, -0.25) is 4.79 Å². The molecule has 6 nitrogen and oxygen atoms in total. The Morgan fingerprint density at radius 3 is 2.22 bits per heavy atom. The van der Waals surface area contributed by atoms with Gasteiger partial charge in [0.2, 0.25) is 0 Å². The molecular weight excluding hydrogens is 474 g/mol. The number of hydrogen-bond acceptors (Lipinski definition) is 4. The number of rotatable bonds is 3. The second-order valence-electron chi connectivity index (χ2n) is 6.26. The van der Waals surface area contributed by atoms with E-state index in [9.17, 15) is 4.79 Å². The standard InChI is InChI=1S/C19H17Br2N5O/c20-15-3-6-18(22-11-15)24-7-9-25(10-8-24)19(27)14-1-4-17(5-2-14)26-13-16(21)12-23-26/h1-6,11-13H,7-10H2. The van der Waals surface area contributed by atoms with Gasteiger partial charge in [0.05, 0.1) is 16.4 Å². The third-order valence-corrected chi connectivity index (χ3v) is 5.41. The number of aromatic nitrogens is 3. The molecule has 1 saturated heterocycles. The molecule has 0 N–H and O–H groups in total. The number of benzene rings is 1. The molecule has 0 unspecified atom stereocenters. The van der Waals surface area contributed by atoms with Crippen molar-refractivity contribution in [2.75, 3.05) is 31.1 Å². The van der Waals surface area contributed by atoms with Crippen LogP contribution in [0.5, 0.6) is 0 Å². The molecule has 0 bridgehead atoms. The maximum Gasteiger partial charge on any atom is 0.253 e. The van der Waals surface area contributed by atoms with Crippen LogP contribution in [0.4, 0.5) is 5.82 Å². The first kappa shape index (κ1) is 18.2. The van der Waals surface area contributed by atoms with E-state index in [1.54, 1.807) is 17.1 Å². The van der Waals surface area contributed by atoms with Gasteiger partial charge in [-0.25, -0.2) is 9.67 Å². The van der Waals surface area contributed by atoms with E-state index >= 15 is 0 Å². The lowest BCUT2D eigenvalue weighted by Gasteiger charge is -2.35. The first-order valence-corrected chi connectivity index (χ1v) is 10.2. The second kappa shape index (κ2) is 7.82. The van der Waals surface area contributed by atoms with Gasteiger partial charge in [-0.2, -0.15) is 5.10 Å². The van der Waals surface area contributed by atoms with E-state index in [1.165, 1.54) is 0 Å². The van der Waals surface area contributed by atoms with Crippen molar-refractivity contribution < 1.29 is 4.79 Å². The lowest BCUT2D eigenvalue weighted by Crippen LogP contribution is -2.49. The zero-order valence-electron chi connectivity index (χ0n) is 14.4. The van der Waals surface area contributed by atoms with E-state index in [0.717, 1.165) is 33.5 Å². The molecule has 4 rings (SSSR count). The second-order valence-corrected chi connectivity index (χ2v) is 8.10. The average molecular weight is 491 g/mol. The molecule has 27 heavy (non-hydrogen) atoms. The summed E-state index contributed by atoms with van der Waals surface area (Å²) in [6.45, 7) is 2.93. The highest BCUT2D eigenvalue weighted by atomic mass is 79.9. The molecule has 0 spiro atoms. The predicted octanol–water partition coefficient (Wildman–Crippen LogP) is 3.75. The molecule has 0 aliphatic carbocycles. The summed E-state index contributed by atoms with van der Waals surface area (Å²) in [5.74, 6) is 1.01. The summed E-state index contributed by atoms with van der Waals surface area (Å²) in [4.78, 5) is 21.3. The summed E-state index contributed by atoms with van der Waals surface area (Å²) in [7, 11) is 0. The number of halogens is 2. The highest BCUT2D eigenvalue weighted by Gasteiger charge is 2.22. The first-order chi connectivity index (χ1) is 13.1. The smallest absolute Gasteiger partial charge is 0.253 e. The minimum Gasteiger partial charge on any atom is -0.353 e. The largest absolute Gasteiger partial charge is 0.353 e. The number of nitrogens with zero attached hydrogens (tertiary/aromatic N) is 5. The molecule has 2 aromatic heterocycles. The van der Waals surface area contributed by atoms with Crippen molar-refractivity contribution in [1.29, 1.82) is 0 Å². The molecule has 3 aromatic rings. The van der Waals surface area contributed by atoms with E-state index in [4.69, 9.17) is 0 Å². The summed E-state index contributed by atoms with van der Waals surface area (Å²) >= 11 is 6.79. The molecule has 0 saturated carbocycles. The van der Waals surface area contributed by atoms with Crippen LogP contribution in [0.3, 0.4) is 0 Å². The van der Waals surface area contributed by atoms with Crippen LogP contribution in [0.25, 0.3) is 5.69 Å². The van der Waals surface area contributed by atoms with E-state index in [0.29, 0.717) is 18.7 Å². The fourth-order valence-electron chi connectivity index (χ4n) is 3.08. The quantitative estimate of drug-likeness (QED) is 0.561. The van der Waals surface area contributed by atoms with Crippen molar-refractivity contribution in [3.05, 3.63) is 69.5 Å². The molecular formula is C19H17Br2N5O. The molecule has 0 atom stereocenters. The Kier molecular flexibility index (Phi) is 5.27. The SMILES string of the molecule is O=C(c1ccc(-n2cc(Br)cn2)cc1)N1CCN(c2ccc(Br)cn2)CC1. The zero-order chi connectivity index (χ0) is 18.8. The summed E-state index contributed by atoms with van der Waals surface area (Å²) < 4.78 is 3.65. The molecule has 1 aliphatic heterocycles.